The highest BCUT2D eigenvalue weighted by atomic mass is 19.1. The summed E-state index contributed by atoms with van der Waals surface area (Å²) in [6.07, 6.45) is -1.58. The van der Waals surface area contributed by atoms with Gasteiger partial charge in [-0.15, -0.1) is 0 Å². The Bertz CT molecular complexity index is 1340. The highest BCUT2D eigenvalue weighted by Crippen LogP contribution is 2.44. The summed E-state index contributed by atoms with van der Waals surface area (Å²) in [5, 5.41) is 9.97. The van der Waals surface area contributed by atoms with E-state index in [1.807, 2.05) is 68.7 Å². The molecule has 4 atom stereocenters. The number of rotatable bonds is 7. The first-order chi connectivity index (χ1) is 17.3. The van der Waals surface area contributed by atoms with Crippen molar-refractivity contribution in [1.82, 2.24) is 19.5 Å². The van der Waals surface area contributed by atoms with Gasteiger partial charge in [-0.1, -0.05) is 54.6 Å². The smallest absolute Gasteiger partial charge is 0.224 e. The molecule has 2 aromatic heterocycles. The van der Waals surface area contributed by atoms with Crippen LogP contribution in [0.15, 0.2) is 60.9 Å². The van der Waals surface area contributed by atoms with Crippen LogP contribution in [0.2, 0.25) is 0 Å². The van der Waals surface area contributed by atoms with Crippen LogP contribution in [0.5, 0.6) is 0 Å². The van der Waals surface area contributed by atoms with Crippen molar-refractivity contribution in [3.63, 3.8) is 0 Å². The van der Waals surface area contributed by atoms with Crippen LogP contribution in [-0.4, -0.2) is 63.2 Å². The first-order valence-corrected chi connectivity index (χ1v) is 11.7. The number of aromatic nitrogens is 4. The average Bonchev–Trinajstić information content (AvgIpc) is 3.39. The van der Waals surface area contributed by atoms with Crippen molar-refractivity contribution in [2.75, 3.05) is 31.3 Å². The van der Waals surface area contributed by atoms with Crippen molar-refractivity contribution in [2.45, 2.75) is 37.6 Å². The molecule has 10 heteroatoms. The molecule has 3 N–H and O–H groups in total. The number of ether oxygens (including phenoxy) is 2. The molecule has 1 aliphatic rings. The van der Waals surface area contributed by atoms with Gasteiger partial charge in [0.15, 0.2) is 28.9 Å². The third-order valence-electron chi connectivity index (χ3n) is 6.45. The molecule has 0 spiro atoms. The molecule has 0 radical (unpaired) electrons. The second-order valence-corrected chi connectivity index (χ2v) is 9.28. The summed E-state index contributed by atoms with van der Waals surface area (Å²) < 4.78 is 29.8. The Kier molecular flexibility index (Phi) is 6.33. The van der Waals surface area contributed by atoms with Crippen molar-refractivity contribution < 1.29 is 19.0 Å². The van der Waals surface area contributed by atoms with Crippen LogP contribution in [0.25, 0.3) is 22.3 Å². The molecular weight excluding hydrogens is 463 g/mol. The van der Waals surface area contributed by atoms with Crippen LogP contribution in [0.1, 0.15) is 18.7 Å². The fourth-order valence-electron chi connectivity index (χ4n) is 4.63. The fourth-order valence-corrected chi connectivity index (χ4v) is 4.63. The first-order valence-electron chi connectivity index (χ1n) is 11.7. The van der Waals surface area contributed by atoms with E-state index in [-0.39, 0.29) is 12.6 Å². The second-order valence-electron chi connectivity index (χ2n) is 9.28. The summed E-state index contributed by atoms with van der Waals surface area (Å²) in [6, 6.07) is 18.0. The molecule has 9 nitrogen and oxygen atoms in total. The highest BCUT2D eigenvalue weighted by molar-refractivity contribution is 5.84. The van der Waals surface area contributed by atoms with Crippen LogP contribution in [0, 0.1) is 0 Å². The Balaban J connectivity index is 1.38. The van der Waals surface area contributed by atoms with E-state index in [4.69, 9.17) is 15.2 Å². The Morgan fingerprint density at radius 2 is 1.81 bits per heavy atom. The molecule has 5 rings (SSSR count). The Morgan fingerprint density at radius 3 is 2.47 bits per heavy atom. The van der Waals surface area contributed by atoms with E-state index in [0.717, 1.165) is 16.7 Å². The van der Waals surface area contributed by atoms with E-state index in [9.17, 15) is 5.11 Å². The molecule has 1 aliphatic heterocycles. The maximum atomic E-state index is 16.3. The highest BCUT2D eigenvalue weighted by Gasteiger charge is 2.56. The van der Waals surface area contributed by atoms with Gasteiger partial charge in [0, 0.05) is 14.1 Å². The van der Waals surface area contributed by atoms with Gasteiger partial charge in [-0.25, -0.2) is 9.37 Å². The molecule has 36 heavy (non-hydrogen) atoms. The SMILES string of the molecule is CN(C)c1nc(N)nc2c1ncn2[C@@H]1O[C@H](CO)[C@@H](OCc2ccc(-c3ccccc3)cc2)[C@@]1(C)F. The topological polar surface area (TPSA) is 112 Å². The van der Waals surface area contributed by atoms with Gasteiger partial charge in [0.2, 0.25) is 5.95 Å². The van der Waals surface area contributed by atoms with Crippen LogP contribution in [-0.2, 0) is 16.1 Å². The van der Waals surface area contributed by atoms with E-state index in [0.29, 0.717) is 17.0 Å². The van der Waals surface area contributed by atoms with Gasteiger partial charge in [0.1, 0.15) is 12.2 Å². The Labute approximate surface area is 208 Å². The minimum absolute atomic E-state index is 0.0389. The number of hydrogen-bond donors (Lipinski definition) is 2. The van der Waals surface area contributed by atoms with Gasteiger partial charge in [-0.2, -0.15) is 9.97 Å². The number of nitrogen functional groups attached to an aromatic ring is 1. The minimum atomic E-state index is -2.00. The lowest BCUT2D eigenvalue weighted by atomic mass is 9.98. The molecule has 0 bridgehead atoms. The molecule has 0 saturated carbocycles. The quantitative estimate of drug-likeness (QED) is 0.404. The molecule has 188 valence electrons. The maximum Gasteiger partial charge on any atom is 0.224 e. The third-order valence-corrected chi connectivity index (χ3v) is 6.45. The number of nitrogens with zero attached hydrogens (tertiary/aromatic N) is 5. The maximum absolute atomic E-state index is 16.3. The molecule has 3 heterocycles. The molecule has 4 aromatic rings. The lowest BCUT2D eigenvalue weighted by Crippen LogP contribution is -2.42. The molecule has 0 aliphatic carbocycles. The predicted octanol–water partition coefficient (Wildman–Crippen LogP) is 3.34. The number of fused-ring (bicyclic) bond motifs is 1. The van der Waals surface area contributed by atoms with Crippen LogP contribution >= 0.6 is 0 Å². The fraction of sp³-hybridized carbons (Fsp3) is 0.346. The zero-order valence-electron chi connectivity index (χ0n) is 20.4. The predicted molar refractivity (Wildman–Crippen MR) is 135 cm³/mol. The van der Waals surface area contributed by atoms with E-state index in [1.54, 1.807) is 4.90 Å². The standard InChI is InChI=1S/C26H29FN6O3/c1-26(27)21(35-14-16-9-11-18(12-10-16)17-7-5-4-6-8-17)19(13-34)36-24(26)33-15-29-20-22(32(2)3)30-25(28)31-23(20)33/h4-12,15,19,21,24,34H,13-14H2,1-3H3,(H2,28,30,31)/t19-,21-,24-,26-/m1/s1. The van der Waals surface area contributed by atoms with Crippen LogP contribution in [0.4, 0.5) is 16.2 Å². The summed E-state index contributed by atoms with van der Waals surface area (Å²) in [4.78, 5) is 14.7. The number of aliphatic hydroxyl groups excluding tert-OH is 1. The third kappa shape index (κ3) is 4.27. The van der Waals surface area contributed by atoms with Gasteiger partial charge >= 0.3 is 0 Å². The number of alkyl halides is 1. The summed E-state index contributed by atoms with van der Waals surface area (Å²) in [7, 11) is 3.62. The monoisotopic (exact) mass is 492 g/mol. The molecule has 1 saturated heterocycles. The average molecular weight is 493 g/mol. The van der Waals surface area contributed by atoms with E-state index >= 15 is 4.39 Å². The number of anilines is 2. The van der Waals surface area contributed by atoms with Crippen molar-refractivity contribution in [3.05, 3.63) is 66.5 Å². The van der Waals surface area contributed by atoms with Crippen LogP contribution < -0.4 is 10.6 Å². The van der Waals surface area contributed by atoms with Gasteiger partial charge < -0.3 is 25.2 Å². The lowest BCUT2D eigenvalue weighted by molar-refractivity contribution is -0.0675. The van der Waals surface area contributed by atoms with Crippen molar-refractivity contribution in [2.24, 2.45) is 0 Å². The zero-order valence-corrected chi connectivity index (χ0v) is 20.4. The normalized spacial score (nSPS) is 23.9. The van der Waals surface area contributed by atoms with Gasteiger partial charge in [-0.05, 0) is 23.6 Å². The van der Waals surface area contributed by atoms with Gasteiger partial charge in [0.05, 0.1) is 19.5 Å². The van der Waals surface area contributed by atoms with E-state index in [2.05, 4.69) is 15.0 Å². The molecule has 2 aromatic carbocycles. The first kappa shape index (κ1) is 24.1. The summed E-state index contributed by atoms with van der Waals surface area (Å²) in [6.45, 7) is 1.16. The molecule has 0 unspecified atom stereocenters. The van der Waals surface area contributed by atoms with Crippen molar-refractivity contribution in [1.29, 1.82) is 0 Å². The zero-order chi connectivity index (χ0) is 25.4. The van der Waals surface area contributed by atoms with Crippen molar-refractivity contribution in [3.8, 4) is 11.1 Å². The number of hydrogen-bond acceptors (Lipinski definition) is 8. The number of benzene rings is 2. The molecular formula is C26H29FN6O3. The summed E-state index contributed by atoms with van der Waals surface area (Å²) in [5.74, 6) is 0.553. The van der Waals surface area contributed by atoms with E-state index < -0.39 is 30.7 Å². The summed E-state index contributed by atoms with van der Waals surface area (Å²) >= 11 is 0. The van der Waals surface area contributed by atoms with Crippen molar-refractivity contribution >= 4 is 22.9 Å². The number of halogens is 1. The molecule has 1 fully saturated rings. The lowest BCUT2D eigenvalue weighted by Gasteiger charge is -2.28. The number of aliphatic hydroxyl groups is 1. The van der Waals surface area contributed by atoms with Gasteiger partial charge in [-0.3, -0.25) is 4.57 Å². The second kappa shape index (κ2) is 9.45. The largest absolute Gasteiger partial charge is 0.394 e. The Morgan fingerprint density at radius 1 is 1.11 bits per heavy atom. The minimum Gasteiger partial charge on any atom is -0.394 e. The number of imidazole rings is 1. The van der Waals surface area contributed by atoms with E-state index in [1.165, 1.54) is 17.8 Å². The Hall–Kier alpha value is -3.60. The van der Waals surface area contributed by atoms with Gasteiger partial charge in [0.25, 0.3) is 0 Å². The number of nitrogens with two attached hydrogens (primary N) is 1. The molecule has 0 amide bonds. The summed E-state index contributed by atoms with van der Waals surface area (Å²) in [5.41, 5.74) is 7.80. The van der Waals surface area contributed by atoms with Crippen LogP contribution in [0.3, 0.4) is 0 Å².